The molecule has 0 fully saturated rings. The van der Waals surface area contributed by atoms with Gasteiger partial charge in [0, 0.05) is 18.9 Å². The minimum Gasteiger partial charge on any atom is -0.492 e. The molecule has 0 saturated carbocycles. The van der Waals surface area contributed by atoms with Crippen molar-refractivity contribution in [3.05, 3.63) is 60.3 Å². The molecule has 0 amide bonds. The van der Waals surface area contributed by atoms with Gasteiger partial charge < -0.3 is 13.8 Å². The zero-order valence-electron chi connectivity index (χ0n) is 14.8. The van der Waals surface area contributed by atoms with E-state index < -0.39 is 0 Å². The third kappa shape index (κ3) is 4.67. The van der Waals surface area contributed by atoms with Crippen LogP contribution in [0.15, 0.2) is 47.5 Å². The van der Waals surface area contributed by atoms with Crippen LogP contribution in [-0.2, 0) is 13.1 Å². The summed E-state index contributed by atoms with van der Waals surface area (Å²) in [4.78, 5) is 10.5. The molecule has 7 heteroatoms. The van der Waals surface area contributed by atoms with Gasteiger partial charge in [0.05, 0.1) is 18.9 Å². The normalized spacial score (nSPS) is 12.5. The lowest BCUT2D eigenvalue weighted by molar-refractivity contribution is 0.202. The average Bonchev–Trinajstić information content (AvgIpc) is 3.27. The summed E-state index contributed by atoms with van der Waals surface area (Å²) in [7, 11) is 2.04. The second kappa shape index (κ2) is 7.94. The van der Waals surface area contributed by atoms with Crippen LogP contribution in [0, 0.1) is 6.92 Å². The predicted octanol–water partition coefficient (Wildman–Crippen LogP) is 2.85. The maximum Gasteiger partial charge on any atom is 0.243 e. The molecule has 1 unspecified atom stereocenters. The first kappa shape index (κ1) is 17.2. The van der Waals surface area contributed by atoms with E-state index in [-0.39, 0.29) is 6.04 Å². The second-order valence-electron chi connectivity index (χ2n) is 6.06. The molecule has 3 rings (SSSR count). The van der Waals surface area contributed by atoms with Gasteiger partial charge >= 0.3 is 0 Å². The highest BCUT2D eigenvalue weighted by atomic mass is 16.5. The Morgan fingerprint density at radius 2 is 2.08 bits per heavy atom. The van der Waals surface area contributed by atoms with Crippen LogP contribution in [0.3, 0.4) is 0 Å². The van der Waals surface area contributed by atoms with Gasteiger partial charge in [0.25, 0.3) is 0 Å². The van der Waals surface area contributed by atoms with Gasteiger partial charge in [0.15, 0.2) is 5.82 Å². The fraction of sp³-hybridized carbons (Fsp3) is 0.389. The van der Waals surface area contributed by atoms with E-state index in [0.717, 1.165) is 18.8 Å². The minimum absolute atomic E-state index is 0.0623. The molecule has 25 heavy (non-hydrogen) atoms. The van der Waals surface area contributed by atoms with Crippen LogP contribution in [0.2, 0.25) is 0 Å². The third-order valence-corrected chi connectivity index (χ3v) is 4.09. The first-order valence-corrected chi connectivity index (χ1v) is 8.30. The molecule has 1 atom stereocenters. The number of nitrogens with zero attached hydrogens (tertiary/aromatic N) is 5. The third-order valence-electron chi connectivity index (χ3n) is 4.09. The number of benzene rings is 1. The molecule has 1 aromatic carbocycles. The number of hydrogen-bond acceptors (Lipinski definition) is 6. The summed E-state index contributed by atoms with van der Waals surface area (Å²) in [5.74, 6) is 2.17. The Labute approximate surface area is 147 Å². The van der Waals surface area contributed by atoms with Gasteiger partial charge in [-0.05, 0) is 38.6 Å². The Morgan fingerprint density at radius 1 is 1.28 bits per heavy atom. The van der Waals surface area contributed by atoms with E-state index in [0.29, 0.717) is 18.3 Å². The molecule has 0 spiro atoms. The van der Waals surface area contributed by atoms with Crippen LogP contribution < -0.4 is 4.74 Å². The van der Waals surface area contributed by atoms with Crippen LogP contribution in [-0.4, -0.2) is 38.2 Å². The Hall–Kier alpha value is -2.67. The summed E-state index contributed by atoms with van der Waals surface area (Å²) in [6.45, 7) is 6.07. The summed E-state index contributed by atoms with van der Waals surface area (Å²) in [5.41, 5.74) is 1.20. The van der Waals surface area contributed by atoms with Crippen molar-refractivity contribution in [3.63, 3.8) is 0 Å². The maximum absolute atomic E-state index is 5.76. The van der Waals surface area contributed by atoms with E-state index >= 15 is 0 Å². The molecule has 3 aromatic rings. The second-order valence-corrected chi connectivity index (χ2v) is 6.06. The zero-order chi connectivity index (χ0) is 17.6. The smallest absolute Gasteiger partial charge is 0.243 e. The number of aryl methyl sites for hydroxylation is 1. The Morgan fingerprint density at radius 3 is 2.72 bits per heavy atom. The van der Waals surface area contributed by atoms with Gasteiger partial charge in [-0.1, -0.05) is 17.3 Å². The SMILES string of the molecule is Cc1noc(C(C)N(C)Cc2ccc(OCCn3ccnc3)cc2)n1. The number of aromatic nitrogens is 4. The van der Waals surface area contributed by atoms with E-state index in [4.69, 9.17) is 9.26 Å². The summed E-state index contributed by atoms with van der Waals surface area (Å²) in [6.07, 6.45) is 5.48. The van der Waals surface area contributed by atoms with Crippen molar-refractivity contribution in [2.75, 3.05) is 13.7 Å². The van der Waals surface area contributed by atoms with Gasteiger partial charge in [-0.3, -0.25) is 4.90 Å². The number of imidazole rings is 1. The minimum atomic E-state index is 0.0623. The predicted molar refractivity (Wildman–Crippen MR) is 93.1 cm³/mol. The van der Waals surface area contributed by atoms with Crippen LogP contribution in [0.5, 0.6) is 5.75 Å². The van der Waals surface area contributed by atoms with Crippen molar-refractivity contribution in [2.24, 2.45) is 0 Å². The Balaban J connectivity index is 1.49. The molecule has 2 aromatic heterocycles. The lowest BCUT2D eigenvalue weighted by Crippen LogP contribution is -2.22. The summed E-state index contributed by atoms with van der Waals surface area (Å²) in [5, 5.41) is 3.85. The van der Waals surface area contributed by atoms with Gasteiger partial charge in [-0.2, -0.15) is 4.98 Å². The molecule has 0 radical (unpaired) electrons. The van der Waals surface area contributed by atoms with Crippen LogP contribution in [0.25, 0.3) is 0 Å². The van der Waals surface area contributed by atoms with Gasteiger partial charge in [0.1, 0.15) is 12.4 Å². The van der Waals surface area contributed by atoms with Crippen molar-refractivity contribution in [2.45, 2.75) is 33.0 Å². The molecule has 7 nitrogen and oxygen atoms in total. The molecule has 0 N–H and O–H groups in total. The standard InChI is InChI=1S/C18H23N5O2/c1-14(18-20-15(2)21-25-18)22(3)12-16-4-6-17(7-5-16)24-11-10-23-9-8-19-13-23/h4-9,13-14H,10-12H2,1-3H3. The Bertz CT molecular complexity index is 767. The van der Waals surface area contributed by atoms with Gasteiger partial charge in [0.2, 0.25) is 5.89 Å². The van der Waals surface area contributed by atoms with E-state index in [1.54, 1.807) is 12.5 Å². The lowest BCUT2D eigenvalue weighted by atomic mass is 10.2. The van der Waals surface area contributed by atoms with E-state index in [9.17, 15) is 0 Å². The summed E-state index contributed by atoms with van der Waals surface area (Å²) >= 11 is 0. The van der Waals surface area contributed by atoms with Crippen molar-refractivity contribution >= 4 is 0 Å². The first-order chi connectivity index (χ1) is 12.1. The Kier molecular flexibility index (Phi) is 5.45. The molecule has 0 bridgehead atoms. The molecule has 0 aliphatic carbocycles. The van der Waals surface area contributed by atoms with Crippen LogP contribution in [0.4, 0.5) is 0 Å². The lowest BCUT2D eigenvalue weighted by Gasteiger charge is -2.21. The van der Waals surface area contributed by atoms with Crippen molar-refractivity contribution in [1.82, 2.24) is 24.6 Å². The molecule has 0 aliphatic rings. The van der Waals surface area contributed by atoms with E-state index in [1.807, 2.05) is 36.9 Å². The molecule has 0 aliphatic heterocycles. The fourth-order valence-corrected chi connectivity index (χ4v) is 2.48. The van der Waals surface area contributed by atoms with Crippen LogP contribution >= 0.6 is 0 Å². The van der Waals surface area contributed by atoms with Crippen molar-refractivity contribution in [3.8, 4) is 5.75 Å². The quantitative estimate of drug-likeness (QED) is 0.627. The number of ether oxygens (including phenoxy) is 1. The fourth-order valence-electron chi connectivity index (χ4n) is 2.48. The van der Waals surface area contributed by atoms with E-state index in [1.165, 1.54) is 5.56 Å². The first-order valence-electron chi connectivity index (χ1n) is 8.30. The number of rotatable bonds is 8. The summed E-state index contributed by atoms with van der Waals surface area (Å²) in [6, 6.07) is 8.22. The molecule has 0 saturated heterocycles. The largest absolute Gasteiger partial charge is 0.492 e. The van der Waals surface area contributed by atoms with Crippen molar-refractivity contribution in [1.29, 1.82) is 0 Å². The monoisotopic (exact) mass is 341 g/mol. The average molecular weight is 341 g/mol. The van der Waals surface area contributed by atoms with Gasteiger partial charge in [-0.15, -0.1) is 0 Å². The highest BCUT2D eigenvalue weighted by Gasteiger charge is 2.17. The van der Waals surface area contributed by atoms with Crippen LogP contribution in [0.1, 0.15) is 30.2 Å². The topological polar surface area (TPSA) is 69.2 Å². The van der Waals surface area contributed by atoms with Crippen molar-refractivity contribution < 1.29 is 9.26 Å². The molecular weight excluding hydrogens is 318 g/mol. The molecule has 132 valence electrons. The van der Waals surface area contributed by atoms with E-state index in [2.05, 4.69) is 39.1 Å². The van der Waals surface area contributed by atoms with Gasteiger partial charge in [-0.25, -0.2) is 4.98 Å². The number of hydrogen-bond donors (Lipinski definition) is 0. The molecule has 2 heterocycles. The molecular formula is C18H23N5O2. The highest BCUT2D eigenvalue weighted by Crippen LogP contribution is 2.20. The summed E-state index contributed by atoms with van der Waals surface area (Å²) < 4.78 is 13.0. The maximum atomic E-state index is 5.76. The highest BCUT2D eigenvalue weighted by molar-refractivity contribution is 5.27. The zero-order valence-corrected chi connectivity index (χ0v) is 14.8.